The lowest BCUT2D eigenvalue weighted by atomic mass is 9.99. The second-order valence-corrected chi connectivity index (χ2v) is 7.83. The van der Waals surface area contributed by atoms with Crippen molar-refractivity contribution in [3.8, 4) is 17.0 Å². The van der Waals surface area contributed by atoms with Crippen LogP contribution in [-0.2, 0) is 0 Å². The summed E-state index contributed by atoms with van der Waals surface area (Å²) in [5.74, 6) is 0.305. The van der Waals surface area contributed by atoms with Crippen molar-refractivity contribution in [3.63, 3.8) is 0 Å². The third kappa shape index (κ3) is 4.34. The first-order chi connectivity index (χ1) is 13.4. The normalized spacial score (nSPS) is 20.9. The molecule has 0 unspecified atom stereocenters. The summed E-state index contributed by atoms with van der Waals surface area (Å²) in [6.07, 6.45) is 1.64. The number of fused-ring (bicyclic) bond motifs is 1. The Labute approximate surface area is 166 Å². The molecule has 0 bridgehead atoms. The van der Waals surface area contributed by atoms with Gasteiger partial charge in [0.25, 0.3) is 5.91 Å². The Morgan fingerprint density at radius 3 is 2.64 bits per heavy atom. The summed E-state index contributed by atoms with van der Waals surface area (Å²) in [5, 5.41) is 9.70. The van der Waals surface area contributed by atoms with Crippen molar-refractivity contribution in [3.05, 3.63) is 48.2 Å². The van der Waals surface area contributed by atoms with Crippen LogP contribution in [0.15, 0.2) is 42.6 Å². The van der Waals surface area contributed by atoms with E-state index >= 15 is 0 Å². The Balaban J connectivity index is 2.06. The van der Waals surface area contributed by atoms with Crippen LogP contribution >= 0.6 is 0 Å². The van der Waals surface area contributed by atoms with Gasteiger partial charge in [0.15, 0.2) is 0 Å². The monoisotopic (exact) mass is 383 g/mol. The number of aromatic nitrogens is 1. The number of benzene rings is 1. The first-order valence-electron chi connectivity index (χ1n) is 9.69. The van der Waals surface area contributed by atoms with Gasteiger partial charge in [-0.25, -0.2) is 4.98 Å². The molecule has 150 valence electrons. The van der Waals surface area contributed by atoms with Gasteiger partial charge in [0.2, 0.25) is 5.88 Å². The third-order valence-corrected chi connectivity index (χ3v) is 5.17. The number of hydrogen-bond acceptors (Lipinski definition) is 5. The highest BCUT2D eigenvalue weighted by atomic mass is 16.5. The first-order valence-corrected chi connectivity index (χ1v) is 9.69. The summed E-state index contributed by atoms with van der Waals surface area (Å²) < 4.78 is 6.22. The zero-order valence-electron chi connectivity index (χ0n) is 17.0. The number of likely N-dealkylation sites (N-methyl/N-ethyl adjacent to an activating group) is 1. The molecule has 1 aromatic heterocycles. The summed E-state index contributed by atoms with van der Waals surface area (Å²) in [6, 6.07) is 11.4. The van der Waals surface area contributed by atoms with Gasteiger partial charge >= 0.3 is 0 Å². The standard InChI is InChI=1S/C22H29N3O3/c1-15-12-25(16(2)14-26)22(27)19-10-18(17-8-6-5-7-9-17)11-23-21(19)28-20(15)13-24(3)4/h5-11,15-16,20,26H,12-14H2,1-4H3/t15-,16+,20-/m0/s1. The molecular formula is C22H29N3O3. The summed E-state index contributed by atoms with van der Waals surface area (Å²) in [6.45, 7) is 5.09. The smallest absolute Gasteiger partial charge is 0.259 e. The fraction of sp³-hybridized carbons (Fsp3) is 0.455. The molecule has 0 saturated carbocycles. The SMILES string of the molecule is C[C@H](CO)N1C[C@H](C)[C@H](CN(C)C)Oc2ncc(-c3ccccc3)cc2C1=O. The van der Waals surface area contributed by atoms with E-state index in [-0.39, 0.29) is 30.6 Å². The van der Waals surface area contributed by atoms with E-state index in [9.17, 15) is 9.90 Å². The van der Waals surface area contributed by atoms with Crippen molar-refractivity contribution < 1.29 is 14.6 Å². The van der Waals surface area contributed by atoms with Crippen LogP contribution in [0.5, 0.6) is 5.88 Å². The van der Waals surface area contributed by atoms with Gasteiger partial charge in [-0.15, -0.1) is 0 Å². The van der Waals surface area contributed by atoms with Gasteiger partial charge in [-0.05, 0) is 32.6 Å². The second-order valence-electron chi connectivity index (χ2n) is 7.83. The molecule has 1 N–H and O–H groups in total. The van der Waals surface area contributed by atoms with Crippen molar-refractivity contribution in [1.29, 1.82) is 0 Å². The molecule has 6 nitrogen and oxygen atoms in total. The molecule has 0 fully saturated rings. The fourth-order valence-corrected chi connectivity index (χ4v) is 3.47. The number of hydrogen-bond donors (Lipinski definition) is 1. The molecule has 6 heteroatoms. The van der Waals surface area contributed by atoms with Crippen LogP contribution < -0.4 is 4.74 Å². The molecule has 1 amide bonds. The van der Waals surface area contributed by atoms with Crippen molar-refractivity contribution in [2.45, 2.75) is 26.0 Å². The molecule has 0 aliphatic carbocycles. The molecular weight excluding hydrogens is 354 g/mol. The number of carbonyl (C=O) groups excluding carboxylic acids is 1. The number of ether oxygens (including phenoxy) is 1. The van der Waals surface area contributed by atoms with E-state index in [4.69, 9.17) is 4.74 Å². The number of rotatable bonds is 5. The highest BCUT2D eigenvalue weighted by Gasteiger charge is 2.33. The van der Waals surface area contributed by atoms with Crippen molar-refractivity contribution >= 4 is 5.91 Å². The van der Waals surface area contributed by atoms with E-state index in [1.165, 1.54) is 0 Å². The van der Waals surface area contributed by atoms with E-state index in [0.29, 0.717) is 18.0 Å². The van der Waals surface area contributed by atoms with Crippen LogP contribution in [0.25, 0.3) is 11.1 Å². The zero-order chi connectivity index (χ0) is 20.3. The number of amides is 1. The molecule has 3 rings (SSSR count). The van der Waals surface area contributed by atoms with Crippen molar-refractivity contribution in [2.24, 2.45) is 5.92 Å². The van der Waals surface area contributed by atoms with Crippen LogP contribution in [0.1, 0.15) is 24.2 Å². The minimum Gasteiger partial charge on any atom is -0.472 e. The molecule has 1 aliphatic rings. The second kappa shape index (κ2) is 8.71. The van der Waals surface area contributed by atoms with E-state index in [2.05, 4.69) is 16.8 Å². The Kier molecular flexibility index (Phi) is 6.31. The minimum absolute atomic E-state index is 0.0845. The molecule has 0 saturated heterocycles. The average molecular weight is 383 g/mol. The van der Waals surface area contributed by atoms with Gasteiger partial charge in [-0.3, -0.25) is 4.79 Å². The maximum atomic E-state index is 13.3. The van der Waals surface area contributed by atoms with E-state index < -0.39 is 0 Å². The van der Waals surface area contributed by atoms with Crippen LogP contribution in [0.3, 0.4) is 0 Å². The lowest BCUT2D eigenvalue weighted by Gasteiger charge is -2.37. The van der Waals surface area contributed by atoms with Crippen molar-refractivity contribution in [1.82, 2.24) is 14.8 Å². The Bertz CT molecular complexity index is 810. The maximum absolute atomic E-state index is 13.3. The quantitative estimate of drug-likeness (QED) is 0.860. The minimum atomic E-state index is -0.277. The average Bonchev–Trinajstić information content (AvgIpc) is 2.70. The van der Waals surface area contributed by atoms with Gasteiger partial charge in [0, 0.05) is 30.8 Å². The molecule has 0 radical (unpaired) electrons. The van der Waals surface area contributed by atoms with Crippen LogP contribution in [0, 0.1) is 5.92 Å². The van der Waals surface area contributed by atoms with Gasteiger partial charge in [0.1, 0.15) is 11.7 Å². The molecule has 28 heavy (non-hydrogen) atoms. The van der Waals surface area contributed by atoms with Crippen molar-refractivity contribution in [2.75, 3.05) is 33.8 Å². The van der Waals surface area contributed by atoms with Crippen LogP contribution in [0.2, 0.25) is 0 Å². The predicted molar refractivity (Wildman–Crippen MR) is 109 cm³/mol. The highest BCUT2D eigenvalue weighted by molar-refractivity contribution is 5.98. The van der Waals surface area contributed by atoms with Gasteiger partial charge in [-0.2, -0.15) is 0 Å². The van der Waals surface area contributed by atoms with Gasteiger partial charge in [-0.1, -0.05) is 37.3 Å². The summed E-state index contributed by atoms with van der Waals surface area (Å²) >= 11 is 0. The summed E-state index contributed by atoms with van der Waals surface area (Å²) in [7, 11) is 4.00. The molecule has 2 heterocycles. The Morgan fingerprint density at radius 1 is 1.29 bits per heavy atom. The van der Waals surface area contributed by atoms with E-state index in [1.54, 1.807) is 11.1 Å². The fourth-order valence-electron chi connectivity index (χ4n) is 3.47. The lowest BCUT2D eigenvalue weighted by Crippen LogP contribution is -2.49. The molecule has 2 aromatic rings. The van der Waals surface area contributed by atoms with E-state index in [0.717, 1.165) is 17.7 Å². The molecule has 3 atom stereocenters. The highest BCUT2D eigenvalue weighted by Crippen LogP contribution is 2.30. The predicted octanol–water partition coefficient (Wildman–Crippen LogP) is 2.53. The first kappa shape index (κ1) is 20.3. The summed E-state index contributed by atoms with van der Waals surface area (Å²) in [5.41, 5.74) is 2.30. The third-order valence-electron chi connectivity index (χ3n) is 5.17. The van der Waals surface area contributed by atoms with Crippen LogP contribution in [-0.4, -0.2) is 71.7 Å². The lowest BCUT2D eigenvalue weighted by molar-refractivity contribution is 0.0348. The largest absolute Gasteiger partial charge is 0.472 e. The Morgan fingerprint density at radius 2 is 2.00 bits per heavy atom. The van der Waals surface area contributed by atoms with E-state index in [1.807, 2.05) is 57.4 Å². The number of aliphatic hydroxyl groups is 1. The number of aliphatic hydroxyl groups excluding tert-OH is 1. The maximum Gasteiger partial charge on any atom is 0.259 e. The zero-order valence-corrected chi connectivity index (χ0v) is 17.0. The van der Waals surface area contributed by atoms with Gasteiger partial charge in [0.05, 0.1) is 12.6 Å². The molecule has 0 spiro atoms. The molecule has 1 aliphatic heterocycles. The topological polar surface area (TPSA) is 65.9 Å². The summed E-state index contributed by atoms with van der Waals surface area (Å²) in [4.78, 5) is 21.7. The number of pyridine rings is 1. The van der Waals surface area contributed by atoms with Gasteiger partial charge < -0.3 is 19.6 Å². The number of nitrogens with zero attached hydrogens (tertiary/aromatic N) is 3. The number of carbonyl (C=O) groups is 1. The van der Waals surface area contributed by atoms with Crippen LogP contribution in [0.4, 0.5) is 0 Å². The molecule has 1 aromatic carbocycles. The Hall–Kier alpha value is -2.44.